The van der Waals surface area contributed by atoms with E-state index in [4.69, 9.17) is 4.74 Å². The molecular weight excluding hydrogens is 701 g/mol. The molecule has 0 heterocycles. The van der Waals surface area contributed by atoms with Gasteiger partial charge in [0.1, 0.15) is 11.5 Å². The van der Waals surface area contributed by atoms with Crippen LogP contribution >= 0.6 is 0 Å². The van der Waals surface area contributed by atoms with Crippen molar-refractivity contribution in [1.29, 1.82) is 0 Å². The van der Waals surface area contributed by atoms with Crippen LogP contribution < -0.4 is 4.74 Å². The van der Waals surface area contributed by atoms with Crippen LogP contribution in [0.1, 0.15) is 52.8 Å². The van der Waals surface area contributed by atoms with Gasteiger partial charge in [-0.3, -0.25) is 0 Å². The highest BCUT2D eigenvalue weighted by atomic mass is 16.5. The molecule has 9 aromatic carbocycles. The number of para-hydroxylation sites is 1. The molecule has 0 bridgehead atoms. The molecule has 0 unspecified atom stereocenters. The average Bonchev–Trinajstić information content (AvgIpc) is 3.25. The fraction of sp³-hybridized carbons (Fsp3) is 0.158. The molecular formula is C57H58O. The Morgan fingerprint density at radius 2 is 0.759 bits per heavy atom. The van der Waals surface area contributed by atoms with Crippen molar-refractivity contribution >= 4 is 32.3 Å². The summed E-state index contributed by atoms with van der Waals surface area (Å²) < 4.78 is 5.76. The highest BCUT2D eigenvalue weighted by molar-refractivity contribution is 6.01. The molecule has 0 aromatic heterocycles. The fourth-order valence-corrected chi connectivity index (χ4v) is 6.83. The quantitative estimate of drug-likeness (QED) is 0.174. The van der Waals surface area contributed by atoms with Crippen LogP contribution in [-0.4, -0.2) is 0 Å². The molecule has 0 aliphatic carbocycles. The number of fused-ring (bicyclic) bond motifs is 3. The second kappa shape index (κ2) is 21.2. The molecule has 0 fully saturated rings. The van der Waals surface area contributed by atoms with E-state index in [1.807, 2.05) is 69.3 Å². The van der Waals surface area contributed by atoms with Gasteiger partial charge in [0, 0.05) is 0 Å². The lowest BCUT2D eigenvalue weighted by Crippen LogP contribution is -1.88. The topological polar surface area (TPSA) is 9.23 Å². The zero-order chi connectivity index (χ0) is 41.4. The molecule has 0 atom stereocenters. The summed E-state index contributed by atoms with van der Waals surface area (Å²) >= 11 is 0. The first-order valence-corrected chi connectivity index (χ1v) is 20.4. The van der Waals surface area contributed by atoms with Crippen molar-refractivity contribution in [3.05, 3.63) is 227 Å². The highest BCUT2D eigenvalue weighted by Gasteiger charge is 2.09. The van der Waals surface area contributed by atoms with E-state index in [-0.39, 0.29) is 0 Å². The van der Waals surface area contributed by atoms with E-state index >= 15 is 0 Å². The second-order valence-electron chi connectivity index (χ2n) is 14.6. The SMILES string of the molecule is CC.Cc1cc2ccccc2cc1-c1cccc2cccc(C)c12.Cc1ccc(C)cc1.Cc1ccc(Oc2ccccc2C)cc1.Cc1cccc2ccccc12. The number of aryl methyl sites for hydroxylation is 7. The smallest absolute Gasteiger partial charge is 0.130 e. The number of hydrogen-bond acceptors (Lipinski definition) is 1. The predicted octanol–water partition coefficient (Wildman–Crippen LogP) is 16.9. The molecule has 0 amide bonds. The van der Waals surface area contributed by atoms with Crippen molar-refractivity contribution in [1.82, 2.24) is 0 Å². The largest absolute Gasteiger partial charge is 0.457 e. The van der Waals surface area contributed by atoms with Gasteiger partial charge in [-0.2, -0.15) is 0 Å². The molecule has 0 aliphatic rings. The van der Waals surface area contributed by atoms with Crippen molar-refractivity contribution in [3.63, 3.8) is 0 Å². The van der Waals surface area contributed by atoms with Crippen LogP contribution in [0.25, 0.3) is 43.4 Å². The van der Waals surface area contributed by atoms with Gasteiger partial charge in [-0.1, -0.05) is 194 Å². The van der Waals surface area contributed by atoms with Crippen molar-refractivity contribution < 1.29 is 4.74 Å². The van der Waals surface area contributed by atoms with Crippen LogP contribution in [0.5, 0.6) is 11.5 Å². The molecule has 0 saturated carbocycles. The zero-order valence-electron chi connectivity index (χ0n) is 35.8. The number of ether oxygens (including phenoxy) is 1. The van der Waals surface area contributed by atoms with Crippen LogP contribution in [0, 0.1) is 48.5 Å². The van der Waals surface area contributed by atoms with Crippen molar-refractivity contribution in [3.8, 4) is 22.6 Å². The summed E-state index contributed by atoms with van der Waals surface area (Å²) in [6, 6.07) is 65.7. The Labute approximate surface area is 347 Å². The number of hydrogen-bond donors (Lipinski definition) is 0. The molecule has 0 saturated heterocycles. The number of benzene rings is 9. The van der Waals surface area contributed by atoms with Crippen LogP contribution in [0.4, 0.5) is 0 Å². The lowest BCUT2D eigenvalue weighted by molar-refractivity contribution is 0.479. The maximum Gasteiger partial charge on any atom is 0.130 e. The van der Waals surface area contributed by atoms with Gasteiger partial charge in [-0.15, -0.1) is 0 Å². The fourth-order valence-electron chi connectivity index (χ4n) is 6.83. The maximum atomic E-state index is 5.76. The molecule has 292 valence electrons. The molecule has 0 radical (unpaired) electrons. The minimum absolute atomic E-state index is 0.884. The standard InChI is InChI=1S/C22H18.C14H14O.C11H10.C8H10.C2H6/c1-15-7-5-10-17-11-6-12-20(22(15)17)21-14-19-9-4-3-8-18(19)13-16(21)2;1-11-7-9-13(10-8-11)15-14-6-4-3-5-12(14)2;1-9-5-4-7-10-6-2-3-8-11(9)10;1-7-3-5-8(2)6-4-7;1-2/h3-14H,1-2H3;3-10H,1-2H3;2-8H,1H3;3-6H,1-2H3;1-2H3. The van der Waals surface area contributed by atoms with E-state index in [1.165, 1.54) is 76.8 Å². The van der Waals surface area contributed by atoms with Crippen molar-refractivity contribution in [2.75, 3.05) is 0 Å². The lowest BCUT2D eigenvalue weighted by Gasteiger charge is -2.13. The first kappa shape index (κ1) is 42.7. The van der Waals surface area contributed by atoms with Crippen molar-refractivity contribution in [2.45, 2.75) is 62.3 Å². The molecule has 9 rings (SSSR count). The third-order valence-electron chi connectivity index (χ3n) is 10.1. The third-order valence-corrected chi connectivity index (χ3v) is 10.1. The molecule has 1 nitrogen and oxygen atoms in total. The summed E-state index contributed by atoms with van der Waals surface area (Å²) in [6.45, 7) is 18.9. The summed E-state index contributed by atoms with van der Waals surface area (Å²) in [7, 11) is 0. The highest BCUT2D eigenvalue weighted by Crippen LogP contribution is 2.35. The summed E-state index contributed by atoms with van der Waals surface area (Å²) in [5.41, 5.74) is 11.7. The predicted molar refractivity (Wildman–Crippen MR) is 255 cm³/mol. The Balaban J connectivity index is 0.000000155. The Morgan fingerprint density at radius 3 is 1.36 bits per heavy atom. The molecule has 0 aliphatic heterocycles. The van der Waals surface area contributed by atoms with E-state index in [1.54, 1.807) is 0 Å². The van der Waals surface area contributed by atoms with Gasteiger partial charge in [0.25, 0.3) is 0 Å². The van der Waals surface area contributed by atoms with Gasteiger partial charge in [-0.05, 0) is 138 Å². The summed E-state index contributed by atoms with van der Waals surface area (Å²) in [4.78, 5) is 0. The summed E-state index contributed by atoms with van der Waals surface area (Å²) in [5.74, 6) is 1.80. The minimum Gasteiger partial charge on any atom is -0.457 e. The normalized spacial score (nSPS) is 10.2. The maximum absolute atomic E-state index is 5.76. The minimum atomic E-state index is 0.884. The first-order valence-electron chi connectivity index (χ1n) is 20.4. The number of rotatable bonds is 3. The van der Waals surface area contributed by atoms with Gasteiger partial charge < -0.3 is 4.74 Å². The van der Waals surface area contributed by atoms with E-state index in [2.05, 4.69) is 181 Å². The molecule has 0 spiro atoms. The van der Waals surface area contributed by atoms with E-state index in [9.17, 15) is 0 Å². The van der Waals surface area contributed by atoms with E-state index < -0.39 is 0 Å². The van der Waals surface area contributed by atoms with Gasteiger partial charge in [-0.25, -0.2) is 0 Å². The van der Waals surface area contributed by atoms with E-state index in [0.717, 1.165) is 17.1 Å². The van der Waals surface area contributed by atoms with Crippen LogP contribution in [0.3, 0.4) is 0 Å². The molecule has 58 heavy (non-hydrogen) atoms. The molecule has 1 heteroatoms. The lowest BCUT2D eigenvalue weighted by atomic mass is 9.91. The van der Waals surface area contributed by atoms with Crippen LogP contribution in [0.2, 0.25) is 0 Å². The monoisotopic (exact) mass is 758 g/mol. The first-order chi connectivity index (χ1) is 28.2. The average molecular weight is 759 g/mol. The van der Waals surface area contributed by atoms with Gasteiger partial charge >= 0.3 is 0 Å². The van der Waals surface area contributed by atoms with Gasteiger partial charge in [0.2, 0.25) is 0 Å². The van der Waals surface area contributed by atoms with Crippen LogP contribution in [0.15, 0.2) is 188 Å². The Bertz CT molecular complexity index is 2630. The van der Waals surface area contributed by atoms with Gasteiger partial charge in [0.15, 0.2) is 0 Å². The summed E-state index contributed by atoms with van der Waals surface area (Å²) in [6.07, 6.45) is 0. The van der Waals surface area contributed by atoms with E-state index in [0.29, 0.717) is 0 Å². The van der Waals surface area contributed by atoms with Crippen molar-refractivity contribution in [2.24, 2.45) is 0 Å². The summed E-state index contributed by atoms with van der Waals surface area (Å²) in [5, 5.41) is 7.96. The Morgan fingerprint density at radius 1 is 0.310 bits per heavy atom. The molecule has 9 aromatic rings. The Hall–Kier alpha value is -6.44. The second-order valence-corrected chi connectivity index (χ2v) is 14.6. The van der Waals surface area contributed by atoms with Gasteiger partial charge in [0.05, 0.1) is 0 Å². The molecule has 0 N–H and O–H groups in total. The Kier molecular flexibility index (Phi) is 15.6. The third kappa shape index (κ3) is 11.6. The zero-order valence-corrected chi connectivity index (χ0v) is 35.8. The van der Waals surface area contributed by atoms with Crippen LogP contribution in [-0.2, 0) is 0 Å².